The number of nitrogens with zero attached hydrogens (tertiary/aromatic N) is 1. The van der Waals surface area contributed by atoms with Crippen LogP contribution >= 0.6 is 24.2 Å². The highest BCUT2D eigenvalue weighted by Gasteiger charge is 2.07. The summed E-state index contributed by atoms with van der Waals surface area (Å²) in [5, 5.41) is 8.57. The highest BCUT2D eigenvalue weighted by atomic mass is 35.5. The molecule has 1 N–H and O–H groups in total. The molecule has 1 saturated heterocycles. The average molecular weight is 184 g/mol. The standard InChI is InChI=1S/C6H13NOS.ClH/c8-4-1-7-2-5-9-6-3-7;/h8H,1-6H2;1H. The van der Waals surface area contributed by atoms with E-state index in [9.17, 15) is 0 Å². The van der Waals surface area contributed by atoms with Crippen molar-refractivity contribution in [1.82, 2.24) is 4.90 Å². The molecule has 0 spiro atoms. The van der Waals surface area contributed by atoms with E-state index in [0.29, 0.717) is 6.61 Å². The Labute approximate surface area is 72.4 Å². The predicted molar refractivity (Wildman–Crippen MR) is 48.1 cm³/mol. The van der Waals surface area contributed by atoms with Crippen molar-refractivity contribution in [2.75, 3.05) is 37.7 Å². The van der Waals surface area contributed by atoms with Crippen molar-refractivity contribution in [3.8, 4) is 0 Å². The third-order valence-corrected chi connectivity index (χ3v) is 2.46. The van der Waals surface area contributed by atoms with Crippen LogP contribution in [0.1, 0.15) is 0 Å². The van der Waals surface area contributed by atoms with Crippen LogP contribution in [0.15, 0.2) is 0 Å². The van der Waals surface area contributed by atoms with Crippen LogP contribution in [0.3, 0.4) is 0 Å². The summed E-state index contributed by atoms with van der Waals surface area (Å²) in [7, 11) is 0. The minimum atomic E-state index is 0. The maximum atomic E-state index is 8.57. The molecule has 0 aromatic carbocycles. The highest BCUT2D eigenvalue weighted by Crippen LogP contribution is 2.07. The number of thioether (sulfide) groups is 1. The summed E-state index contributed by atoms with van der Waals surface area (Å²) in [6, 6.07) is 0. The molecule has 0 radical (unpaired) electrons. The Morgan fingerprint density at radius 1 is 1.30 bits per heavy atom. The van der Waals surface area contributed by atoms with E-state index < -0.39 is 0 Å². The lowest BCUT2D eigenvalue weighted by Crippen LogP contribution is -2.34. The monoisotopic (exact) mass is 183 g/mol. The lowest BCUT2D eigenvalue weighted by atomic mass is 10.5. The van der Waals surface area contributed by atoms with Crippen LogP contribution < -0.4 is 0 Å². The molecule has 0 unspecified atom stereocenters. The van der Waals surface area contributed by atoms with E-state index in [0.717, 1.165) is 19.6 Å². The van der Waals surface area contributed by atoms with Crippen molar-refractivity contribution in [1.29, 1.82) is 0 Å². The third-order valence-electron chi connectivity index (χ3n) is 1.52. The van der Waals surface area contributed by atoms with Gasteiger partial charge in [-0.05, 0) is 0 Å². The van der Waals surface area contributed by atoms with Gasteiger partial charge in [-0.2, -0.15) is 11.8 Å². The minimum Gasteiger partial charge on any atom is -0.395 e. The Balaban J connectivity index is 0.000000810. The summed E-state index contributed by atoms with van der Waals surface area (Å²) in [4.78, 5) is 2.30. The van der Waals surface area contributed by atoms with Crippen molar-refractivity contribution >= 4 is 24.2 Å². The van der Waals surface area contributed by atoms with Gasteiger partial charge in [0.25, 0.3) is 0 Å². The van der Waals surface area contributed by atoms with E-state index in [1.165, 1.54) is 11.5 Å². The normalized spacial score (nSPS) is 20.1. The van der Waals surface area contributed by atoms with Crippen LogP contribution in [0.5, 0.6) is 0 Å². The molecular weight excluding hydrogens is 170 g/mol. The zero-order chi connectivity index (χ0) is 6.53. The van der Waals surface area contributed by atoms with E-state index in [-0.39, 0.29) is 12.4 Å². The number of β-amino-alcohol motifs (C(OH)–C–C–N with tert-alkyl or cyclic N) is 1. The molecule has 1 rings (SSSR count). The number of aliphatic hydroxyl groups is 1. The first-order valence-corrected chi connectivity index (χ1v) is 4.50. The molecule has 0 aromatic rings. The summed E-state index contributed by atoms with van der Waals surface area (Å²) < 4.78 is 0. The van der Waals surface area contributed by atoms with Crippen LogP contribution in [-0.2, 0) is 0 Å². The minimum absolute atomic E-state index is 0. The van der Waals surface area contributed by atoms with Gasteiger partial charge in [0.05, 0.1) is 6.61 Å². The van der Waals surface area contributed by atoms with Gasteiger partial charge >= 0.3 is 0 Å². The molecule has 1 heterocycles. The first-order valence-electron chi connectivity index (χ1n) is 3.34. The quantitative estimate of drug-likeness (QED) is 0.673. The maximum absolute atomic E-state index is 8.57. The second kappa shape index (κ2) is 6.28. The van der Waals surface area contributed by atoms with Crippen LogP contribution in [0, 0.1) is 0 Å². The SMILES string of the molecule is Cl.OCCN1CCSCC1. The lowest BCUT2D eigenvalue weighted by molar-refractivity contribution is 0.208. The molecule has 0 saturated carbocycles. The summed E-state index contributed by atoms with van der Waals surface area (Å²) >= 11 is 2.00. The second-order valence-electron chi connectivity index (χ2n) is 2.18. The molecule has 4 heteroatoms. The van der Waals surface area contributed by atoms with Crippen LogP contribution in [0.4, 0.5) is 0 Å². The highest BCUT2D eigenvalue weighted by molar-refractivity contribution is 7.99. The number of halogens is 1. The topological polar surface area (TPSA) is 23.5 Å². The maximum Gasteiger partial charge on any atom is 0.0558 e. The van der Waals surface area contributed by atoms with Gasteiger partial charge in [-0.3, -0.25) is 4.90 Å². The van der Waals surface area contributed by atoms with Crippen molar-refractivity contribution in [3.63, 3.8) is 0 Å². The van der Waals surface area contributed by atoms with E-state index in [2.05, 4.69) is 4.90 Å². The largest absolute Gasteiger partial charge is 0.395 e. The van der Waals surface area contributed by atoms with Gasteiger partial charge in [0.15, 0.2) is 0 Å². The van der Waals surface area contributed by atoms with Gasteiger partial charge in [-0.1, -0.05) is 0 Å². The molecule has 1 aliphatic heterocycles. The Kier molecular flexibility index (Phi) is 6.63. The summed E-state index contributed by atoms with van der Waals surface area (Å²) in [5.41, 5.74) is 0. The van der Waals surface area contributed by atoms with Crippen molar-refractivity contribution in [3.05, 3.63) is 0 Å². The van der Waals surface area contributed by atoms with E-state index >= 15 is 0 Å². The summed E-state index contributed by atoms with van der Waals surface area (Å²) in [6.45, 7) is 3.49. The zero-order valence-electron chi connectivity index (χ0n) is 5.95. The van der Waals surface area contributed by atoms with E-state index in [1.54, 1.807) is 0 Å². The molecule has 0 atom stereocenters. The molecule has 62 valence electrons. The third kappa shape index (κ3) is 3.66. The molecular formula is C6H14ClNOS. The van der Waals surface area contributed by atoms with Crippen LogP contribution in [0.25, 0.3) is 0 Å². The second-order valence-corrected chi connectivity index (χ2v) is 3.40. The molecule has 0 bridgehead atoms. The van der Waals surface area contributed by atoms with Crippen molar-refractivity contribution < 1.29 is 5.11 Å². The predicted octanol–water partition coefficient (Wildman–Crippen LogP) is 0.449. The van der Waals surface area contributed by atoms with Crippen molar-refractivity contribution in [2.45, 2.75) is 0 Å². The van der Waals surface area contributed by atoms with Crippen molar-refractivity contribution in [2.24, 2.45) is 0 Å². The fourth-order valence-electron chi connectivity index (χ4n) is 0.966. The molecule has 10 heavy (non-hydrogen) atoms. The first kappa shape index (κ1) is 10.6. The average Bonchev–Trinajstić information content (AvgIpc) is 1.91. The van der Waals surface area contributed by atoms with Gasteiger partial charge in [0.1, 0.15) is 0 Å². The number of hydrogen-bond acceptors (Lipinski definition) is 3. The van der Waals surface area contributed by atoms with E-state index in [4.69, 9.17) is 5.11 Å². The zero-order valence-corrected chi connectivity index (χ0v) is 7.59. The molecule has 1 aliphatic rings. The molecule has 0 amide bonds. The van der Waals surface area contributed by atoms with Gasteiger partial charge in [-0.25, -0.2) is 0 Å². The van der Waals surface area contributed by atoms with Gasteiger partial charge in [-0.15, -0.1) is 12.4 Å². The molecule has 1 fully saturated rings. The number of rotatable bonds is 2. The Bertz CT molecular complexity index is 75.4. The van der Waals surface area contributed by atoms with Crippen LogP contribution in [-0.4, -0.2) is 47.8 Å². The summed E-state index contributed by atoms with van der Waals surface area (Å²) in [5.74, 6) is 2.47. The Morgan fingerprint density at radius 3 is 2.40 bits per heavy atom. The molecule has 0 aliphatic carbocycles. The number of aliphatic hydroxyl groups excluding tert-OH is 1. The number of hydrogen-bond donors (Lipinski definition) is 1. The van der Waals surface area contributed by atoms with Gasteiger partial charge < -0.3 is 5.11 Å². The van der Waals surface area contributed by atoms with Crippen LogP contribution in [0.2, 0.25) is 0 Å². The summed E-state index contributed by atoms with van der Waals surface area (Å²) in [6.07, 6.45) is 0. The fraction of sp³-hybridized carbons (Fsp3) is 1.00. The first-order chi connectivity index (χ1) is 4.43. The lowest BCUT2D eigenvalue weighted by Gasteiger charge is -2.24. The molecule has 2 nitrogen and oxygen atoms in total. The Hall–Kier alpha value is 0.560. The van der Waals surface area contributed by atoms with Gasteiger partial charge in [0, 0.05) is 31.1 Å². The van der Waals surface area contributed by atoms with E-state index in [1.807, 2.05) is 11.8 Å². The Morgan fingerprint density at radius 2 is 1.90 bits per heavy atom. The molecule has 0 aromatic heterocycles. The smallest absolute Gasteiger partial charge is 0.0558 e. The van der Waals surface area contributed by atoms with Gasteiger partial charge in [0.2, 0.25) is 0 Å². The fourth-order valence-corrected chi connectivity index (χ4v) is 1.94.